The molecule has 0 bridgehead atoms. The van der Waals surface area contributed by atoms with Crippen molar-refractivity contribution in [1.29, 1.82) is 0 Å². The molecule has 0 radical (unpaired) electrons. The largest absolute Gasteiger partial charge is 0.491 e. The highest BCUT2D eigenvalue weighted by Gasteiger charge is 2.27. The first-order valence-electron chi connectivity index (χ1n) is 11.3. The highest BCUT2D eigenvalue weighted by molar-refractivity contribution is 5.88. The summed E-state index contributed by atoms with van der Waals surface area (Å²) < 4.78 is 10.6. The van der Waals surface area contributed by atoms with Crippen LogP contribution in [0.3, 0.4) is 0 Å². The van der Waals surface area contributed by atoms with Crippen molar-refractivity contribution in [2.75, 3.05) is 32.3 Å². The van der Waals surface area contributed by atoms with Gasteiger partial charge in [-0.2, -0.15) is 0 Å². The zero-order valence-electron chi connectivity index (χ0n) is 19.7. The Morgan fingerprint density at radius 1 is 1.21 bits per heavy atom. The minimum Gasteiger partial charge on any atom is -0.491 e. The number of aliphatic hydroxyl groups is 1. The molecule has 0 unspecified atom stereocenters. The van der Waals surface area contributed by atoms with Crippen LogP contribution in [0.1, 0.15) is 30.2 Å². The third-order valence-corrected chi connectivity index (χ3v) is 6.00. The van der Waals surface area contributed by atoms with Gasteiger partial charge in [0.1, 0.15) is 23.9 Å². The Kier molecular flexibility index (Phi) is 7.32. The number of aliphatic hydroxyl groups excluding tert-OH is 1. The Bertz CT molecular complexity index is 1150. The van der Waals surface area contributed by atoms with E-state index in [0.717, 1.165) is 41.9 Å². The van der Waals surface area contributed by atoms with Crippen LogP contribution in [-0.4, -0.2) is 64.2 Å². The van der Waals surface area contributed by atoms with Crippen LogP contribution in [0.4, 0.5) is 5.82 Å². The Balaban J connectivity index is 1.59. The standard InChI is InChI=1S/C25H29N5O4/c1-16(22(32)13-17-7-8-23(33-3)27-15-17)30(2)25-19-5-4-6-20(19)28-24(29-25)21-14-18(9-10-26-21)34-12-11-31/h7-10,14-16,31H,4-6,11-13H2,1-3H3/t16-/m1/s1. The van der Waals surface area contributed by atoms with Crippen LogP contribution in [0.2, 0.25) is 0 Å². The first-order valence-corrected chi connectivity index (χ1v) is 11.3. The topological polar surface area (TPSA) is 111 Å². The van der Waals surface area contributed by atoms with Gasteiger partial charge in [-0.15, -0.1) is 0 Å². The lowest BCUT2D eigenvalue weighted by Crippen LogP contribution is -2.38. The predicted octanol–water partition coefficient (Wildman–Crippen LogP) is 2.44. The molecule has 4 rings (SSSR count). The molecule has 1 N–H and O–H groups in total. The van der Waals surface area contributed by atoms with Gasteiger partial charge in [-0.05, 0) is 37.8 Å². The molecule has 0 aliphatic heterocycles. The number of likely N-dealkylation sites (N-methyl/N-ethyl adjacent to an activating group) is 1. The molecule has 3 aromatic heterocycles. The molecule has 178 valence electrons. The monoisotopic (exact) mass is 463 g/mol. The van der Waals surface area contributed by atoms with E-state index in [0.29, 0.717) is 23.1 Å². The van der Waals surface area contributed by atoms with E-state index in [2.05, 4.69) is 9.97 Å². The molecule has 0 amide bonds. The van der Waals surface area contributed by atoms with Gasteiger partial charge in [-0.25, -0.2) is 15.0 Å². The second kappa shape index (κ2) is 10.6. The second-order valence-corrected chi connectivity index (χ2v) is 8.24. The molecule has 1 aliphatic rings. The van der Waals surface area contributed by atoms with Gasteiger partial charge in [0.2, 0.25) is 5.88 Å². The third-order valence-electron chi connectivity index (χ3n) is 6.00. The van der Waals surface area contributed by atoms with Gasteiger partial charge in [-0.1, -0.05) is 6.07 Å². The van der Waals surface area contributed by atoms with Gasteiger partial charge in [0.15, 0.2) is 11.6 Å². The summed E-state index contributed by atoms with van der Waals surface area (Å²) in [5, 5.41) is 9.02. The van der Waals surface area contributed by atoms with Gasteiger partial charge < -0.3 is 19.5 Å². The van der Waals surface area contributed by atoms with Crippen molar-refractivity contribution in [1.82, 2.24) is 19.9 Å². The van der Waals surface area contributed by atoms with Crippen molar-refractivity contribution in [2.24, 2.45) is 0 Å². The van der Waals surface area contributed by atoms with E-state index in [1.54, 1.807) is 37.7 Å². The number of carbonyl (C=O) groups excluding carboxylic acids is 1. The van der Waals surface area contributed by atoms with Gasteiger partial charge in [0.25, 0.3) is 0 Å². The molecule has 0 saturated carbocycles. The fraction of sp³-hybridized carbons (Fsp3) is 0.400. The van der Waals surface area contributed by atoms with E-state index in [1.165, 1.54) is 0 Å². The van der Waals surface area contributed by atoms with Crippen LogP contribution in [0.25, 0.3) is 11.5 Å². The van der Waals surface area contributed by atoms with E-state index in [1.807, 2.05) is 24.9 Å². The van der Waals surface area contributed by atoms with Crippen molar-refractivity contribution in [3.63, 3.8) is 0 Å². The van der Waals surface area contributed by atoms with Crippen LogP contribution >= 0.6 is 0 Å². The smallest absolute Gasteiger partial charge is 0.212 e. The molecule has 1 atom stereocenters. The summed E-state index contributed by atoms with van der Waals surface area (Å²) >= 11 is 0. The summed E-state index contributed by atoms with van der Waals surface area (Å²) in [7, 11) is 3.46. The number of hydrogen-bond donors (Lipinski definition) is 1. The van der Waals surface area contributed by atoms with E-state index in [-0.39, 0.29) is 31.5 Å². The van der Waals surface area contributed by atoms with Crippen LogP contribution in [0.5, 0.6) is 11.6 Å². The SMILES string of the molecule is COc1ccc(CC(=O)[C@@H](C)N(C)c2nc(-c3cc(OCCO)ccn3)nc3c2CCC3)cn1. The highest BCUT2D eigenvalue weighted by atomic mass is 16.5. The van der Waals surface area contributed by atoms with Gasteiger partial charge in [0.05, 0.1) is 19.8 Å². The Morgan fingerprint density at radius 3 is 2.79 bits per heavy atom. The average Bonchev–Trinajstić information content (AvgIpc) is 3.35. The second-order valence-electron chi connectivity index (χ2n) is 8.24. The lowest BCUT2D eigenvalue weighted by atomic mass is 10.0. The van der Waals surface area contributed by atoms with Crippen molar-refractivity contribution >= 4 is 11.6 Å². The van der Waals surface area contributed by atoms with Crippen molar-refractivity contribution in [2.45, 2.75) is 38.6 Å². The van der Waals surface area contributed by atoms with Crippen LogP contribution in [0, 0.1) is 0 Å². The third kappa shape index (κ3) is 5.14. The van der Waals surface area contributed by atoms with Gasteiger partial charge in [0, 0.05) is 49.3 Å². The van der Waals surface area contributed by atoms with Crippen LogP contribution in [0.15, 0.2) is 36.7 Å². The van der Waals surface area contributed by atoms with E-state index in [9.17, 15) is 4.79 Å². The summed E-state index contributed by atoms with van der Waals surface area (Å²) in [4.78, 5) is 33.2. The quantitative estimate of drug-likeness (QED) is 0.485. The van der Waals surface area contributed by atoms with Gasteiger partial charge in [-0.3, -0.25) is 9.78 Å². The Labute approximate surface area is 198 Å². The molecule has 34 heavy (non-hydrogen) atoms. The Morgan fingerprint density at radius 2 is 2.06 bits per heavy atom. The fourth-order valence-corrected chi connectivity index (χ4v) is 3.99. The first kappa shape index (κ1) is 23.6. The fourth-order valence-electron chi connectivity index (χ4n) is 3.99. The molecule has 0 fully saturated rings. The summed E-state index contributed by atoms with van der Waals surface area (Å²) in [5.41, 5.74) is 3.51. The molecule has 0 aromatic carbocycles. The minimum atomic E-state index is -0.387. The molecule has 3 aromatic rings. The number of methoxy groups -OCH3 is 1. The Hall–Kier alpha value is -3.59. The number of hydrogen-bond acceptors (Lipinski definition) is 9. The zero-order chi connectivity index (χ0) is 24.1. The van der Waals surface area contributed by atoms with Crippen LogP contribution < -0.4 is 14.4 Å². The number of Topliss-reactive ketones (excluding diaryl/α,β-unsaturated/α-hetero) is 1. The molecule has 3 heterocycles. The maximum Gasteiger partial charge on any atom is 0.212 e. The molecule has 9 heteroatoms. The minimum absolute atomic E-state index is 0.0684. The van der Waals surface area contributed by atoms with Gasteiger partial charge >= 0.3 is 0 Å². The maximum atomic E-state index is 13.1. The first-order chi connectivity index (χ1) is 16.5. The number of ether oxygens (including phenoxy) is 2. The summed E-state index contributed by atoms with van der Waals surface area (Å²) in [6.07, 6.45) is 6.33. The number of pyridine rings is 2. The predicted molar refractivity (Wildman–Crippen MR) is 127 cm³/mol. The van der Waals surface area contributed by atoms with Crippen molar-refractivity contribution in [3.05, 3.63) is 53.5 Å². The lowest BCUT2D eigenvalue weighted by molar-refractivity contribution is -0.119. The molecule has 1 aliphatic carbocycles. The maximum absolute atomic E-state index is 13.1. The molecule has 0 spiro atoms. The summed E-state index contributed by atoms with van der Waals surface area (Å²) in [5.74, 6) is 2.43. The molecule has 9 nitrogen and oxygen atoms in total. The number of anilines is 1. The van der Waals surface area contributed by atoms with E-state index < -0.39 is 0 Å². The molecular formula is C25H29N5O4. The van der Waals surface area contributed by atoms with E-state index in [4.69, 9.17) is 24.5 Å². The average molecular weight is 464 g/mol. The lowest BCUT2D eigenvalue weighted by Gasteiger charge is -2.27. The molecular weight excluding hydrogens is 434 g/mol. The zero-order valence-corrected chi connectivity index (χ0v) is 19.7. The number of carbonyl (C=O) groups is 1. The summed E-state index contributed by atoms with van der Waals surface area (Å²) in [6, 6.07) is 6.72. The number of aromatic nitrogens is 4. The van der Waals surface area contributed by atoms with E-state index >= 15 is 0 Å². The normalized spacial score (nSPS) is 13.3. The number of nitrogens with zero attached hydrogens (tertiary/aromatic N) is 5. The van der Waals surface area contributed by atoms with Crippen LogP contribution in [-0.2, 0) is 24.1 Å². The van der Waals surface area contributed by atoms with Crippen molar-refractivity contribution < 1.29 is 19.4 Å². The number of rotatable bonds is 10. The number of aryl methyl sites for hydroxylation is 1. The summed E-state index contributed by atoms with van der Waals surface area (Å²) in [6.45, 7) is 2.02. The molecule has 0 saturated heterocycles. The van der Waals surface area contributed by atoms with Crippen molar-refractivity contribution in [3.8, 4) is 23.1 Å². The number of ketones is 1. The number of fused-ring (bicyclic) bond motifs is 1. The highest BCUT2D eigenvalue weighted by Crippen LogP contribution is 2.32.